The maximum absolute atomic E-state index is 12.3. The summed E-state index contributed by atoms with van der Waals surface area (Å²) in [4.78, 5) is 27.8. The fourth-order valence-corrected chi connectivity index (χ4v) is 2.64. The molecule has 1 atom stereocenters. The van der Waals surface area contributed by atoms with Gasteiger partial charge in [0.05, 0.1) is 13.0 Å². The predicted molar refractivity (Wildman–Crippen MR) is 81.4 cm³/mol. The molecular formula is C16H22N2O3. The second-order valence-corrected chi connectivity index (χ2v) is 5.36. The zero-order valence-electron chi connectivity index (χ0n) is 12.8. The number of carbonyl (C=O) groups is 2. The molecule has 0 saturated carbocycles. The minimum Gasteiger partial charge on any atom is -0.497 e. The lowest BCUT2D eigenvalue weighted by molar-refractivity contribution is -0.134. The first-order valence-electron chi connectivity index (χ1n) is 7.26. The molecule has 2 rings (SSSR count). The van der Waals surface area contributed by atoms with E-state index < -0.39 is 0 Å². The van der Waals surface area contributed by atoms with E-state index in [1.54, 1.807) is 24.0 Å². The molecule has 0 radical (unpaired) electrons. The van der Waals surface area contributed by atoms with E-state index in [1.807, 2.05) is 31.2 Å². The molecule has 1 aliphatic heterocycles. The standard InChI is InChI=1S/C16H22N2O3/c1-4-9-17(2)16(20)12-10-15(19)18(11-12)13-5-7-14(21-3)8-6-13/h5-8,12H,4,9-11H2,1-3H3. The van der Waals surface area contributed by atoms with Gasteiger partial charge in [0, 0.05) is 32.2 Å². The van der Waals surface area contributed by atoms with E-state index >= 15 is 0 Å². The molecule has 1 heterocycles. The van der Waals surface area contributed by atoms with Gasteiger partial charge in [0.1, 0.15) is 5.75 Å². The molecule has 5 heteroatoms. The number of hydrogen-bond donors (Lipinski definition) is 0. The second kappa shape index (κ2) is 6.61. The summed E-state index contributed by atoms with van der Waals surface area (Å²) in [7, 11) is 3.40. The zero-order chi connectivity index (χ0) is 15.4. The van der Waals surface area contributed by atoms with Crippen molar-refractivity contribution < 1.29 is 14.3 Å². The fraction of sp³-hybridized carbons (Fsp3) is 0.500. The van der Waals surface area contributed by atoms with Crippen LogP contribution >= 0.6 is 0 Å². The number of methoxy groups -OCH3 is 1. The van der Waals surface area contributed by atoms with Crippen molar-refractivity contribution in [2.75, 3.05) is 32.1 Å². The lowest BCUT2D eigenvalue weighted by Gasteiger charge is -2.21. The normalized spacial score (nSPS) is 18.0. The Balaban J connectivity index is 2.06. The Hall–Kier alpha value is -2.04. The van der Waals surface area contributed by atoms with Crippen molar-refractivity contribution in [3.63, 3.8) is 0 Å². The number of benzene rings is 1. The summed E-state index contributed by atoms with van der Waals surface area (Å²) in [5, 5.41) is 0. The average Bonchev–Trinajstić information content (AvgIpc) is 2.88. The molecule has 1 unspecified atom stereocenters. The van der Waals surface area contributed by atoms with Crippen LogP contribution in [0.4, 0.5) is 5.69 Å². The van der Waals surface area contributed by atoms with Crippen LogP contribution in [0.2, 0.25) is 0 Å². The maximum Gasteiger partial charge on any atom is 0.227 e. The summed E-state index contributed by atoms with van der Waals surface area (Å²) < 4.78 is 5.11. The first-order chi connectivity index (χ1) is 10.1. The Kier molecular flexibility index (Phi) is 4.83. The largest absolute Gasteiger partial charge is 0.497 e. The van der Waals surface area contributed by atoms with Crippen molar-refractivity contribution in [1.82, 2.24) is 4.90 Å². The van der Waals surface area contributed by atoms with E-state index in [4.69, 9.17) is 4.74 Å². The third kappa shape index (κ3) is 3.35. The van der Waals surface area contributed by atoms with Crippen molar-refractivity contribution in [3.8, 4) is 5.75 Å². The second-order valence-electron chi connectivity index (χ2n) is 5.36. The molecule has 114 valence electrons. The first-order valence-corrected chi connectivity index (χ1v) is 7.26. The van der Waals surface area contributed by atoms with Gasteiger partial charge in [-0.3, -0.25) is 9.59 Å². The van der Waals surface area contributed by atoms with Crippen LogP contribution in [-0.4, -0.2) is 44.0 Å². The van der Waals surface area contributed by atoms with Crippen molar-refractivity contribution >= 4 is 17.5 Å². The molecule has 1 aromatic rings. The lowest BCUT2D eigenvalue weighted by Crippen LogP contribution is -2.35. The molecule has 0 spiro atoms. The van der Waals surface area contributed by atoms with E-state index in [2.05, 4.69) is 0 Å². The van der Waals surface area contributed by atoms with Gasteiger partial charge in [-0.2, -0.15) is 0 Å². The van der Waals surface area contributed by atoms with E-state index in [0.29, 0.717) is 13.0 Å². The number of carbonyl (C=O) groups excluding carboxylic acids is 2. The Morgan fingerprint density at radius 1 is 1.38 bits per heavy atom. The van der Waals surface area contributed by atoms with E-state index in [1.165, 1.54) is 0 Å². The molecule has 21 heavy (non-hydrogen) atoms. The Labute approximate surface area is 125 Å². The summed E-state index contributed by atoms with van der Waals surface area (Å²) >= 11 is 0. The highest BCUT2D eigenvalue weighted by Crippen LogP contribution is 2.27. The number of anilines is 1. The smallest absolute Gasteiger partial charge is 0.227 e. The topological polar surface area (TPSA) is 49.9 Å². The van der Waals surface area contributed by atoms with Crippen molar-refractivity contribution in [1.29, 1.82) is 0 Å². The minimum absolute atomic E-state index is 0.00316. The molecule has 5 nitrogen and oxygen atoms in total. The third-order valence-electron chi connectivity index (χ3n) is 3.79. The van der Waals surface area contributed by atoms with Crippen LogP contribution in [0, 0.1) is 5.92 Å². The number of nitrogens with zero attached hydrogens (tertiary/aromatic N) is 2. The molecule has 2 amide bonds. The minimum atomic E-state index is -0.240. The van der Waals surface area contributed by atoms with E-state index in [0.717, 1.165) is 24.4 Å². The van der Waals surface area contributed by atoms with Crippen molar-refractivity contribution in [2.45, 2.75) is 19.8 Å². The van der Waals surface area contributed by atoms with Crippen LogP contribution in [0.3, 0.4) is 0 Å². The third-order valence-corrected chi connectivity index (χ3v) is 3.79. The van der Waals surface area contributed by atoms with Crippen LogP contribution in [0.15, 0.2) is 24.3 Å². The molecule has 1 saturated heterocycles. The highest BCUT2D eigenvalue weighted by molar-refractivity contribution is 6.00. The highest BCUT2D eigenvalue weighted by atomic mass is 16.5. The Morgan fingerprint density at radius 2 is 2.05 bits per heavy atom. The molecule has 1 aliphatic rings. The van der Waals surface area contributed by atoms with Crippen molar-refractivity contribution in [2.24, 2.45) is 5.92 Å². The summed E-state index contributed by atoms with van der Waals surface area (Å²) in [5.41, 5.74) is 0.814. The number of hydrogen-bond acceptors (Lipinski definition) is 3. The van der Waals surface area contributed by atoms with Crippen LogP contribution in [0.5, 0.6) is 5.75 Å². The highest BCUT2D eigenvalue weighted by Gasteiger charge is 2.36. The maximum atomic E-state index is 12.3. The summed E-state index contributed by atoms with van der Waals surface area (Å²) in [6, 6.07) is 7.33. The molecule has 0 aromatic heterocycles. The van der Waals surface area contributed by atoms with Gasteiger partial charge in [0.2, 0.25) is 11.8 Å². The number of rotatable bonds is 5. The van der Waals surface area contributed by atoms with E-state index in [-0.39, 0.29) is 17.7 Å². The SMILES string of the molecule is CCCN(C)C(=O)C1CC(=O)N(c2ccc(OC)cc2)C1. The molecular weight excluding hydrogens is 268 g/mol. The molecule has 1 fully saturated rings. The van der Waals surface area contributed by atoms with Crippen LogP contribution in [-0.2, 0) is 9.59 Å². The fourth-order valence-electron chi connectivity index (χ4n) is 2.64. The van der Waals surface area contributed by atoms with Crippen molar-refractivity contribution in [3.05, 3.63) is 24.3 Å². The van der Waals surface area contributed by atoms with Gasteiger partial charge in [0.15, 0.2) is 0 Å². The quantitative estimate of drug-likeness (QED) is 0.832. The molecule has 0 aliphatic carbocycles. The van der Waals surface area contributed by atoms with E-state index in [9.17, 15) is 9.59 Å². The summed E-state index contributed by atoms with van der Waals surface area (Å²) in [5.74, 6) is 0.571. The van der Waals surface area contributed by atoms with Gasteiger partial charge in [-0.05, 0) is 30.7 Å². The van der Waals surface area contributed by atoms with Crippen LogP contribution in [0.1, 0.15) is 19.8 Å². The van der Waals surface area contributed by atoms with Gasteiger partial charge in [-0.1, -0.05) is 6.92 Å². The summed E-state index contributed by atoms with van der Waals surface area (Å²) in [6.07, 6.45) is 1.21. The first kappa shape index (κ1) is 15.4. The Bertz CT molecular complexity index is 513. The Morgan fingerprint density at radius 3 is 2.62 bits per heavy atom. The number of amides is 2. The van der Waals surface area contributed by atoms with Crippen LogP contribution < -0.4 is 9.64 Å². The van der Waals surface area contributed by atoms with Gasteiger partial charge in [-0.25, -0.2) is 0 Å². The lowest BCUT2D eigenvalue weighted by atomic mass is 10.1. The van der Waals surface area contributed by atoms with Gasteiger partial charge >= 0.3 is 0 Å². The molecule has 0 bridgehead atoms. The zero-order valence-corrected chi connectivity index (χ0v) is 12.8. The molecule has 0 N–H and O–H groups in total. The van der Waals surface area contributed by atoms with Gasteiger partial charge < -0.3 is 14.5 Å². The van der Waals surface area contributed by atoms with Gasteiger partial charge in [0.25, 0.3) is 0 Å². The summed E-state index contributed by atoms with van der Waals surface area (Å²) in [6.45, 7) is 3.22. The predicted octanol–water partition coefficient (Wildman–Crippen LogP) is 1.92. The molecule has 1 aromatic carbocycles. The van der Waals surface area contributed by atoms with Gasteiger partial charge in [-0.15, -0.1) is 0 Å². The monoisotopic (exact) mass is 290 g/mol. The average molecular weight is 290 g/mol. The number of ether oxygens (including phenoxy) is 1. The van der Waals surface area contributed by atoms with Crippen LogP contribution in [0.25, 0.3) is 0 Å².